The van der Waals surface area contributed by atoms with Crippen molar-refractivity contribution in [3.05, 3.63) is 91.5 Å². The van der Waals surface area contributed by atoms with Crippen molar-refractivity contribution in [3.63, 3.8) is 0 Å². The van der Waals surface area contributed by atoms with E-state index in [1.807, 2.05) is 6.92 Å². The largest absolute Gasteiger partial charge is 0.507 e. The molecular weight excluding hydrogens is 474 g/mol. The predicted octanol–water partition coefficient (Wildman–Crippen LogP) is 4.08. The van der Waals surface area contributed by atoms with Gasteiger partial charge in [-0.3, -0.25) is 24.6 Å². The summed E-state index contributed by atoms with van der Waals surface area (Å²) in [6, 6.07) is 10.9. The van der Waals surface area contributed by atoms with E-state index in [9.17, 15) is 29.6 Å². The number of carbonyl (C=O) groups excluding carboxylic acids is 3. The molecule has 10 nitrogen and oxygen atoms in total. The molecule has 3 aromatic rings. The minimum absolute atomic E-state index is 0.0521. The van der Waals surface area contributed by atoms with Crippen LogP contribution in [-0.2, 0) is 14.3 Å². The van der Waals surface area contributed by atoms with Crippen molar-refractivity contribution in [3.8, 4) is 0 Å². The molecule has 1 aliphatic heterocycles. The SMILES string of the molecule is COC(=O)c1sc(N2C(=O)C(=O)C(=C(O)c3ccc(C)cc3)[C@H]2c2ccc([N+](=O)[O-])cc2)nc1C. The van der Waals surface area contributed by atoms with Gasteiger partial charge in [0.05, 0.1) is 29.3 Å². The van der Waals surface area contributed by atoms with Gasteiger partial charge in [-0.05, 0) is 31.5 Å². The van der Waals surface area contributed by atoms with Crippen molar-refractivity contribution in [2.45, 2.75) is 19.9 Å². The number of aryl methyl sites for hydroxylation is 2. The number of carbonyl (C=O) groups is 3. The number of benzene rings is 2. The highest BCUT2D eigenvalue weighted by atomic mass is 32.1. The summed E-state index contributed by atoms with van der Waals surface area (Å²) in [5, 5.41) is 22.3. The predicted molar refractivity (Wildman–Crippen MR) is 127 cm³/mol. The number of anilines is 1. The highest BCUT2D eigenvalue weighted by Gasteiger charge is 2.48. The Kier molecular flexibility index (Phi) is 6.18. The first kappa shape index (κ1) is 23.8. The Morgan fingerprint density at radius 3 is 2.31 bits per heavy atom. The van der Waals surface area contributed by atoms with Crippen LogP contribution in [-0.4, -0.2) is 39.8 Å². The number of ketones is 1. The van der Waals surface area contributed by atoms with E-state index >= 15 is 0 Å². The van der Waals surface area contributed by atoms with E-state index in [0.29, 0.717) is 16.8 Å². The average molecular weight is 493 g/mol. The molecule has 178 valence electrons. The normalized spacial score (nSPS) is 17.0. The number of esters is 1. The van der Waals surface area contributed by atoms with Gasteiger partial charge in [0.15, 0.2) is 5.13 Å². The first-order valence-electron chi connectivity index (χ1n) is 10.3. The number of nitro groups is 1. The molecule has 0 radical (unpaired) electrons. The minimum atomic E-state index is -1.13. The van der Waals surface area contributed by atoms with Gasteiger partial charge in [0.2, 0.25) is 0 Å². The topological polar surface area (TPSA) is 140 Å². The second-order valence-electron chi connectivity index (χ2n) is 7.79. The van der Waals surface area contributed by atoms with Crippen molar-refractivity contribution in [1.29, 1.82) is 0 Å². The van der Waals surface area contributed by atoms with Crippen LogP contribution >= 0.6 is 11.3 Å². The lowest BCUT2D eigenvalue weighted by molar-refractivity contribution is -0.384. The molecule has 1 aromatic heterocycles. The van der Waals surface area contributed by atoms with Crippen LogP contribution in [0.3, 0.4) is 0 Å². The molecule has 0 spiro atoms. The van der Waals surface area contributed by atoms with Gasteiger partial charge in [0.1, 0.15) is 10.6 Å². The maximum atomic E-state index is 13.2. The highest BCUT2D eigenvalue weighted by molar-refractivity contribution is 7.17. The van der Waals surface area contributed by atoms with Gasteiger partial charge in [0.25, 0.3) is 11.5 Å². The summed E-state index contributed by atoms with van der Waals surface area (Å²) in [6.07, 6.45) is 0. The number of ether oxygens (including phenoxy) is 1. The van der Waals surface area contributed by atoms with Gasteiger partial charge >= 0.3 is 11.9 Å². The van der Waals surface area contributed by atoms with Gasteiger partial charge in [0, 0.05) is 17.7 Å². The number of aromatic nitrogens is 1. The first-order chi connectivity index (χ1) is 16.6. The Balaban J connectivity index is 1.93. The number of nitrogens with zero attached hydrogens (tertiary/aromatic N) is 3. The number of non-ortho nitro benzene ring substituents is 1. The molecule has 1 fully saturated rings. The van der Waals surface area contributed by atoms with Crippen molar-refractivity contribution >= 4 is 45.6 Å². The van der Waals surface area contributed by atoms with E-state index in [2.05, 4.69) is 4.98 Å². The zero-order chi connectivity index (χ0) is 25.4. The van der Waals surface area contributed by atoms with Crippen LogP contribution in [0.5, 0.6) is 0 Å². The number of nitro benzene ring substituents is 1. The third-order valence-corrected chi connectivity index (χ3v) is 6.69. The Hall–Kier alpha value is -4.38. The molecule has 1 amide bonds. The second kappa shape index (κ2) is 9.11. The lowest BCUT2D eigenvalue weighted by Gasteiger charge is -2.23. The summed E-state index contributed by atoms with van der Waals surface area (Å²) in [4.78, 5) is 54.6. The summed E-state index contributed by atoms with van der Waals surface area (Å²) < 4.78 is 4.76. The third-order valence-electron chi connectivity index (χ3n) is 5.55. The molecule has 0 saturated carbocycles. The fourth-order valence-electron chi connectivity index (χ4n) is 3.76. The third kappa shape index (κ3) is 4.17. The molecule has 11 heteroatoms. The number of aliphatic hydroxyl groups is 1. The van der Waals surface area contributed by atoms with Crippen molar-refractivity contribution in [2.24, 2.45) is 0 Å². The van der Waals surface area contributed by atoms with Crippen LogP contribution in [0.25, 0.3) is 5.76 Å². The van der Waals surface area contributed by atoms with Crippen molar-refractivity contribution in [1.82, 2.24) is 4.98 Å². The molecule has 0 bridgehead atoms. The number of hydrogen-bond acceptors (Lipinski definition) is 9. The maximum absolute atomic E-state index is 13.2. The van der Waals surface area contributed by atoms with Gasteiger partial charge in [-0.1, -0.05) is 41.2 Å². The Bertz CT molecular complexity index is 1390. The minimum Gasteiger partial charge on any atom is -0.507 e. The van der Waals surface area contributed by atoms with E-state index in [-0.39, 0.29) is 21.3 Å². The standard InChI is InChI=1S/C24H19N3O7S/c1-12-4-6-15(7-5-12)19(28)17-18(14-8-10-16(11-9-14)27(32)33)26(22(30)20(17)29)24-25-13(2)21(35-24)23(31)34-3/h4-11,18,28H,1-3H3/t18-/m1/s1. The van der Waals surface area contributed by atoms with Gasteiger partial charge in [-0.2, -0.15) is 0 Å². The van der Waals surface area contributed by atoms with Gasteiger partial charge in [-0.15, -0.1) is 0 Å². The summed E-state index contributed by atoms with van der Waals surface area (Å²) >= 11 is 0.868. The van der Waals surface area contributed by atoms with Crippen LogP contribution in [0.15, 0.2) is 54.1 Å². The number of Topliss-reactive ketones (excluding diaryl/α,β-unsaturated/α-hetero) is 1. The molecular formula is C24H19N3O7S. The summed E-state index contributed by atoms with van der Waals surface area (Å²) in [5.41, 5.74) is 1.53. The number of rotatable bonds is 5. The van der Waals surface area contributed by atoms with Gasteiger partial charge < -0.3 is 9.84 Å². The van der Waals surface area contributed by atoms with E-state index in [1.54, 1.807) is 31.2 Å². The van der Waals surface area contributed by atoms with Crippen LogP contribution < -0.4 is 4.90 Å². The molecule has 2 aromatic carbocycles. The molecule has 1 atom stereocenters. The maximum Gasteiger partial charge on any atom is 0.350 e. The van der Waals surface area contributed by atoms with Crippen molar-refractivity contribution in [2.75, 3.05) is 12.0 Å². The monoisotopic (exact) mass is 493 g/mol. The number of amides is 1. The Morgan fingerprint density at radius 1 is 1.11 bits per heavy atom. The molecule has 0 unspecified atom stereocenters. The smallest absolute Gasteiger partial charge is 0.350 e. The quantitative estimate of drug-likeness (QED) is 0.140. The average Bonchev–Trinajstić information content (AvgIpc) is 3.35. The molecule has 4 rings (SSSR count). The second-order valence-corrected chi connectivity index (χ2v) is 8.76. The van der Waals surface area contributed by atoms with E-state index in [1.165, 1.54) is 31.4 Å². The number of methoxy groups -OCH3 is 1. The highest BCUT2D eigenvalue weighted by Crippen LogP contribution is 2.44. The first-order valence-corrected chi connectivity index (χ1v) is 11.1. The van der Waals surface area contributed by atoms with Crippen molar-refractivity contribution < 1.29 is 29.2 Å². The molecule has 35 heavy (non-hydrogen) atoms. The van der Waals surface area contributed by atoms with E-state index < -0.39 is 34.4 Å². The summed E-state index contributed by atoms with van der Waals surface area (Å²) in [5.74, 6) is -2.93. The zero-order valence-electron chi connectivity index (χ0n) is 18.8. The fourth-order valence-corrected chi connectivity index (χ4v) is 4.77. The Labute approximate surface area is 203 Å². The van der Waals surface area contributed by atoms with Crippen LogP contribution in [0.4, 0.5) is 10.8 Å². The molecule has 0 aliphatic carbocycles. The lowest BCUT2D eigenvalue weighted by Crippen LogP contribution is -2.29. The molecule has 2 heterocycles. The van der Waals surface area contributed by atoms with Crippen LogP contribution in [0, 0.1) is 24.0 Å². The zero-order valence-corrected chi connectivity index (χ0v) is 19.7. The fraction of sp³-hybridized carbons (Fsp3) is 0.167. The number of hydrogen-bond donors (Lipinski definition) is 1. The molecule has 1 aliphatic rings. The summed E-state index contributed by atoms with van der Waals surface area (Å²) in [7, 11) is 1.21. The van der Waals surface area contributed by atoms with E-state index in [4.69, 9.17) is 4.74 Å². The van der Waals surface area contributed by atoms with Gasteiger partial charge in [-0.25, -0.2) is 9.78 Å². The van der Waals surface area contributed by atoms with E-state index in [0.717, 1.165) is 21.8 Å². The molecule has 1 N–H and O–H groups in total. The Morgan fingerprint density at radius 2 is 1.74 bits per heavy atom. The summed E-state index contributed by atoms with van der Waals surface area (Å²) in [6.45, 7) is 3.43. The molecule has 1 saturated heterocycles. The van der Waals surface area contributed by atoms with Crippen LogP contribution in [0.1, 0.15) is 38.1 Å². The number of aliphatic hydroxyl groups excluding tert-OH is 1. The van der Waals surface area contributed by atoms with Crippen LogP contribution in [0.2, 0.25) is 0 Å². The number of thiazole rings is 1. The lowest BCUT2D eigenvalue weighted by atomic mass is 9.95.